The lowest BCUT2D eigenvalue weighted by Crippen LogP contribution is -2.20. The Balaban J connectivity index is 2.29. The molecule has 0 saturated heterocycles. The minimum absolute atomic E-state index is 0.279. The second kappa shape index (κ2) is 8.79. The van der Waals surface area contributed by atoms with E-state index in [2.05, 4.69) is 19.2 Å². The van der Waals surface area contributed by atoms with Crippen molar-refractivity contribution in [2.45, 2.75) is 52.0 Å². The molecule has 1 atom stereocenters. The molecule has 0 radical (unpaired) electrons. The largest absolute Gasteiger partial charge is 0.310 e. The predicted octanol–water partition coefficient (Wildman–Crippen LogP) is 5.61. The highest BCUT2D eigenvalue weighted by molar-refractivity contribution is 6.35. The van der Waals surface area contributed by atoms with Gasteiger partial charge in [0, 0.05) is 16.1 Å². The average molecular weight is 288 g/mol. The van der Waals surface area contributed by atoms with E-state index in [-0.39, 0.29) is 6.04 Å². The van der Waals surface area contributed by atoms with Gasteiger partial charge in [-0.2, -0.15) is 0 Å². The highest BCUT2D eigenvalue weighted by atomic mass is 35.5. The Hall–Kier alpha value is -0.240. The topological polar surface area (TPSA) is 12.0 Å². The summed E-state index contributed by atoms with van der Waals surface area (Å²) in [7, 11) is 0. The summed E-state index contributed by atoms with van der Waals surface area (Å²) in [4.78, 5) is 0. The molecule has 1 aromatic rings. The van der Waals surface area contributed by atoms with E-state index in [1.807, 2.05) is 12.1 Å². The van der Waals surface area contributed by atoms with Crippen LogP contribution >= 0.6 is 23.2 Å². The van der Waals surface area contributed by atoms with Crippen molar-refractivity contribution in [2.24, 2.45) is 0 Å². The molecule has 0 aromatic heterocycles. The van der Waals surface area contributed by atoms with Crippen LogP contribution in [0, 0.1) is 0 Å². The number of hydrogen-bond acceptors (Lipinski definition) is 1. The molecule has 0 bridgehead atoms. The number of unbranched alkanes of at least 4 members (excludes halogenated alkanes) is 4. The van der Waals surface area contributed by atoms with Crippen LogP contribution in [0.3, 0.4) is 0 Å². The predicted molar refractivity (Wildman–Crippen MR) is 81.6 cm³/mol. The van der Waals surface area contributed by atoms with Crippen LogP contribution in [-0.2, 0) is 0 Å². The van der Waals surface area contributed by atoms with Crippen molar-refractivity contribution in [3.63, 3.8) is 0 Å². The fourth-order valence-electron chi connectivity index (χ4n) is 2.01. The lowest BCUT2D eigenvalue weighted by molar-refractivity contribution is 0.531. The molecule has 3 heteroatoms. The zero-order chi connectivity index (χ0) is 13.4. The van der Waals surface area contributed by atoms with Gasteiger partial charge in [-0.15, -0.1) is 0 Å². The number of benzene rings is 1. The SMILES string of the molecule is CCCCCCCNC(C)c1ccc(Cl)cc1Cl. The van der Waals surface area contributed by atoms with Crippen molar-refractivity contribution in [3.05, 3.63) is 33.8 Å². The lowest BCUT2D eigenvalue weighted by Gasteiger charge is -2.15. The summed E-state index contributed by atoms with van der Waals surface area (Å²) in [6.45, 7) is 5.42. The average Bonchev–Trinajstić information content (AvgIpc) is 2.33. The Bertz CT molecular complexity index is 352. The third-order valence-electron chi connectivity index (χ3n) is 3.16. The van der Waals surface area contributed by atoms with Gasteiger partial charge in [0.1, 0.15) is 0 Å². The standard InChI is InChI=1S/C15H23Cl2N/c1-3-4-5-6-7-10-18-12(2)14-9-8-13(16)11-15(14)17/h8-9,11-12,18H,3-7,10H2,1-2H3. The van der Waals surface area contributed by atoms with Gasteiger partial charge >= 0.3 is 0 Å². The summed E-state index contributed by atoms with van der Waals surface area (Å²) in [6, 6.07) is 5.97. The zero-order valence-corrected chi connectivity index (χ0v) is 12.8. The molecule has 0 aliphatic rings. The first-order valence-electron chi connectivity index (χ1n) is 6.83. The van der Waals surface area contributed by atoms with Gasteiger partial charge in [-0.3, -0.25) is 0 Å². The first-order chi connectivity index (χ1) is 8.65. The zero-order valence-electron chi connectivity index (χ0n) is 11.3. The maximum absolute atomic E-state index is 6.18. The summed E-state index contributed by atoms with van der Waals surface area (Å²) in [5, 5.41) is 4.94. The van der Waals surface area contributed by atoms with Gasteiger partial charge in [-0.25, -0.2) is 0 Å². The van der Waals surface area contributed by atoms with Crippen LogP contribution in [0.2, 0.25) is 10.0 Å². The van der Waals surface area contributed by atoms with Crippen LogP contribution in [-0.4, -0.2) is 6.54 Å². The number of hydrogen-bond donors (Lipinski definition) is 1. The van der Waals surface area contributed by atoms with Crippen molar-refractivity contribution in [1.29, 1.82) is 0 Å². The number of nitrogens with one attached hydrogen (secondary N) is 1. The van der Waals surface area contributed by atoms with Crippen LogP contribution < -0.4 is 5.32 Å². The smallest absolute Gasteiger partial charge is 0.0468 e. The molecule has 1 aromatic carbocycles. The van der Waals surface area contributed by atoms with Crippen LogP contribution in [0.15, 0.2) is 18.2 Å². The maximum atomic E-state index is 6.18. The molecule has 0 heterocycles. The summed E-state index contributed by atoms with van der Waals surface area (Å²) >= 11 is 12.1. The molecular formula is C15H23Cl2N. The van der Waals surface area contributed by atoms with E-state index in [9.17, 15) is 0 Å². The second-order valence-corrected chi connectivity index (χ2v) is 5.60. The molecule has 1 nitrogen and oxygen atoms in total. The molecule has 102 valence electrons. The fraction of sp³-hybridized carbons (Fsp3) is 0.600. The van der Waals surface area contributed by atoms with Gasteiger partial charge in [0.05, 0.1) is 0 Å². The van der Waals surface area contributed by atoms with Crippen LogP contribution in [0.25, 0.3) is 0 Å². The van der Waals surface area contributed by atoms with Crippen LogP contribution in [0.1, 0.15) is 57.6 Å². The van der Waals surface area contributed by atoms with Crippen LogP contribution in [0.5, 0.6) is 0 Å². The van der Waals surface area contributed by atoms with Crippen molar-refractivity contribution < 1.29 is 0 Å². The van der Waals surface area contributed by atoms with E-state index in [0.717, 1.165) is 17.1 Å². The van der Waals surface area contributed by atoms with Gasteiger partial charge in [0.25, 0.3) is 0 Å². The van der Waals surface area contributed by atoms with E-state index < -0.39 is 0 Å². The van der Waals surface area contributed by atoms with Gasteiger partial charge in [-0.1, -0.05) is 61.9 Å². The fourth-order valence-corrected chi connectivity index (χ4v) is 2.58. The van der Waals surface area contributed by atoms with Gasteiger partial charge in [-0.05, 0) is 37.6 Å². The normalized spacial score (nSPS) is 12.7. The molecule has 1 unspecified atom stereocenters. The van der Waals surface area contributed by atoms with Crippen molar-refractivity contribution in [1.82, 2.24) is 5.32 Å². The summed E-state index contributed by atoms with van der Waals surface area (Å²) in [5.74, 6) is 0. The molecule has 0 aliphatic heterocycles. The first kappa shape index (κ1) is 15.8. The third kappa shape index (κ3) is 5.60. The van der Waals surface area contributed by atoms with E-state index >= 15 is 0 Å². The Kier molecular flexibility index (Phi) is 7.73. The quantitative estimate of drug-likeness (QED) is 0.613. The molecule has 0 fully saturated rings. The Morgan fingerprint density at radius 1 is 1.11 bits per heavy atom. The molecule has 0 saturated carbocycles. The molecule has 0 amide bonds. The minimum atomic E-state index is 0.279. The van der Waals surface area contributed by atoms with Gasteiger partial charge in [0.15, 0.2) is 0 Å². The van der Waals surface area contributed by atoms with E-state index in [0.29, 0.717) is 5.02 Å². The maximum Gasteiger partial charge on any atom is 0.0468 e. The highest BCUT2D eigenvalue weighted by Crippen LogP contribution is 2.25. The Labute approximate surface area is 121 Å². The molecule has 1 rings (SSSR count). The molecule has 1 N–H and O–H groups in total. The van der Waals surface area contributed by atoms with E-state index in [1.165, 1.54) is 32.1 Å². The molecule has 18 heavy (non-hydrogen) atoms. The second-order valence-electron chi connectivity index (χ2n) is 4.76. The highest BCUT2D eigenvalue weighted by Gasteiger charge is 2.08. The lowest BCUT2D eigenvalue weighted by atomic mass is 10.1. The minimum Gasteiger partial charge on any atom is -0.310 e. The third-order valence-corrected chi connectivity index (χ3v) is 3.72. The summed E-state index contributed by atoms with van der Waals surface area (Å²) in [6.07, 6.45) is 6.52. The summed E-state index contributed by atoms with van der Waals surface area (Å²) < 4.78 is 0. The Morgan fingerprint density at radius 2 is 1.83 bits per heavy atom. The van der Waals surface area contributed by atoms with Gasteiger partial charge < -0.3 is 5.32 Å². The molecule has 0 aliphatic carbocycles. The first-order valence-corrected chi connectivity index (χ1v) is 7.59. The van der Waals surface area contributed by atoms with Gasteiger partial charge in [0.2, 0.25) is 0 Å². The van der Waals surface area contributed by atoms with Crippen LogP contribution in [0.4, 0.5) is 0 Å². The summed E-state index contributed by atoms with van der Waals surface area (Å²) in [5.41, 5.74) is 1.12. The van der Waals surface area contributed by atoms with Crippen molar-refractivity contribution in [2.75, 3.05) is 6.54 Å². The van der Waals surface area contributed by atoms with Crippen molar-refractivity contribution >= 4 is 23.2 Å². The Morgan fingerprint density at radius 3 is 2.50 bits per heavy atom. The number of rotatable bonds is 8. The van der Waals surface area contributed by atoms with Crippen molar-refractivity contribution in [3.8, 4) is 0 Å². The molecule has 0 spiro atoms. The number of halogens is 2. The van der Waals surface area contributed by atoms with E-state index in [1.54, 1.807) is 6.07 Å². The molecular weight excluding hydrogens is 265 g/mol. The van der Waals surface area contributed by atoms with E-state index in [4.69, 9.17) is 23.2 Å². The monoisotopic (exact) mass is 287 g/mol.